The molecule has 3 nitrogen and oxygen atoms in total. The first kappa shape index (κ1) is 17.1. The predicted octanol–water partition coefficient (Wildman–Crippen LogP) is 6.51. The Morgan fingerprint density at radius 3 is 2.38 bits per heavy atom. The second kappa shape index (κ2) is 6.26. The summed E-state index contributed by atoms with van der Waals surface area (Å²) >= 11 is 9.46. The van der Waals surface area contributed by atoms with Crippen LogP contribution in [0.15, 0.2) is 53.0 Å². The third-order valence-electron chi connectivity index (χ3n) is 3.48. The van der Waals surface area contributed by atoms with Crippen LogP contribution in [0.2, 0.25) is 5.02 Å². The van der Waals surface area contributed by atoms with E-state index in [0.717, 1.165) is 26.6 Å². The molecule has 3 rings (SSSR count). The summed E-state index contributed by atoms with van der Waals surface area (Å²) in [6.45, 7) is 5.57. The average Bonchev–Trinajstić information content (AvgIpc) is 2.84. The highest BCUT2D eigenvalue weighted by Gasteiger charge is 2.22. The molecule has 3 aromatic rings. The summed E-state index contributed by atoms with van der Waals surface area (Å²) in [5.41, 5.74) is 1.91. The molecule has 2 aromatic carbocycles. The predicted molar refractivity (Wildman–Crippen MR) is 102 cm³/mol. The lowest BCUT2D eigenvalue weighted by molar-refractivity contribution is 0.0547. The van der Waals surface area contributed by atoms with Gasteiger partial charge in [-0.2, -0.15) is 0 Å². The fraction of sp³-hybridized carbons (Fsp3) is 0.211. The number of benzene rings is 2. The molecule has 1 aromatic heterocycles. The Bertz CT molecular complexity index is 908. The van der Waals surface area contributed by atoms with Gasteiger partial charge in [-0.1, -0.05) is 39.7 Å². The highest BCUT2D eigenvalue weighted by Crippen LogP contribution is 2.31. The van der Waals surface area contributed by atoms with Gasteiger partial charge in [0, 0.05) is 14.9 Å². The smallest absolute Gasteiger partial charge is 0.419 e. The van der Waals surface area contributed by atoms with Gasteiger partial charge in [0.1, 0.15) is 5.60 Å². The largest absolute Gasteiger partial charge is 0.443 e. The zero-order valence-corrected chi connectivity index (χ0v) is 16.0. The first-order valence-corrected chi connectivity index (χ1v) is 8.72. The summed E-state index contributed by atoms with van der Waals surface area (Å²) in [4.78, 5) is 12.8. The molecule has 0 spiro atoms. The van der Waals surface area contributed by atoms with Crippen molar-refractivity contribution in [3.05, 3.63) is 58.0 Å². The van der Waals surface area contributed by atoms with E-state index in [9.17, 15) is 4.79 Å². The van der Waals surface area contributed by atoms with Gasteiger partial charge in [0.2, 0.25) is 0 Å². The molecule has 0 atom stereocenters. The molecule has 0 aliphatic heterocycles. The SMILES string of the molecule is CC(C)(C)OC(=O)n1c(-c2ccc(Cl)cc2)cc2cc(Br)ccc21. The van der Waals surface area contributed by atoms with Crippen molar-refractivity contribution in [2.45, 2.75) is 26.4 Å². The monoisotopic (exact) mass is 405 g/mol. The number of carbonyl (C=O) groups is 1. The van der Waals surface area contributed by atoms with Crippen molar-refractivity contribution < 1.29 is 9.53 Å². The topological polar surface area (TPSA) is 31.2 Å². The van der Waals surface area contributed by atoms with E-state index in [1.54, 1.807) is 4.57 Å². The summed E-state index contributed by atoms with van der Waals surface area (Å²) in [5, 5.41) is 1.61. The summed E-state index contributed by atoms with van der Waals surface area (Å²) in [7, 11) is 0. The number of rotatable bonds is 1. The van der Waals surface area contributed by atoms with Crippen LogP contribution in [0.3, 0.4) is 0 Å². The van der Waals surface area contributed by atoms with Gasteiger partial charge in [-0.15, -0.1) is 0 Å². The zero-order chi connectivity index (χ0) is 17.5. The average molecular weight is 407 g/mol. The van der Waals surface area contributed by atoms with Gasteiger partial charge in [0.15, 0.2) is 0 Å². The van der Waals surface area contributed by atoms with Crippen LogP contribution in [0.5, 0.6) is 0 Å². The minimum absolute atomic E-state index is 0.398. The number of hydrogen-bond acceptors (Lipinski definition) is 2. The van der Waals surface area contributed by atoms with Gasteiger partial charge in [-0.25, -0.2) is 9.36 Å². The Kier molecular flexibility index (Phi) is 4.45. The molecule has 124 valence electrons. The molecule has 0 saturated carbocycles. The van der Waals surface area contributed by atoms with Crippen LogP contribution in [-0.2, 0) is 4.74 Å². The fourth-order valence-corrected chi connectivity index (χ4v) is 3.03. The Labute approximate surface area is 154 Å². The van der Waals surface area contributed by atoms with Crippen molar-refractivity contribution in [3.8, 4) is 11.3 Å². The number of aromatic nitrogens is 1. The van der Waals surface area contributed by atoms with E-state index < -0.39 is 11.7 Å². The van der Waals surface area contributed by atoms with Crippen molar-refractivity contribution in [2.24, 2.45) is 0 Å². The van der Waals surface area contributed by atoms with Gasteiger partial charge >= 0.3 is 6.09 Å². The Hall–Kier alpha value is -1.78. The molecule has 0 bridgehead atoms. The molecule has 0 amide bonds. The summed E-state index contributed by atoms with van der Waals surface area (Å²) < 4.78 is 8.16. The summed E-state index contributed by atoms with van der Waals surface area (Å²) in [6.07, 6.45) is -0.398. The molecule has 5 heteroatoms. The van der Waals surface area contributed by atoms with Crippen LogP contribution < -0.4 is 0 Å². The molecule has 0 radical (unpaired) electrons. The van der Waals surface area contributed by atoms with E-state index in [-0.39, 0.29) is 0 Å². The molecule has 0 aliphatic rings. The van der Waals surface area contributed by atoms with E-state index in [1.165, 1.54) is 0 Å². The molecular formula is C19H17BrClNO2. The van der Waals surface area contributed by atoms with Gasteiger partial charge in [-0.05, 0) is 62.7 Å². The quantitative estimate of drug-likeness (QED) is 0.461. The summed E-state index contributed by atoms with van der Waals surface area (Å²) in [5.74, 6) is 0. The maximum atomic E-state index is 12.8. The molecule has 0 aliphatic carbocycles. The van der Waals surface area contributed by atoms with Crippen LogP contribution in [0.4, 0.5) is 4.79 Å². The lowest BCUT2D eigenvalue weighted by Crippen LogP contribution is -2.27. The molecule has 1 heterocycles. The van der Waals surface area contributed by atoms with Gasteiger partial charge < -0.3 is 4.74 Å². The number of hydrogen-bond donors (Lipinski definition) is 0. The maximum absolute atomic E-state index is 12.8. The van der Waals surface area contributed by atoms with E-state index in [4.69, 9.17) is 16.3 Å². The Morgan fingerprint density at radius 1 is 1.08 bits per heavy atom. The summed E-state index contributed by atoms with van der Waals surface area (Å²) in [6, 6.07) is 15.2. The lowest BCUT2D eigenvalue weighted by Gasteiger charge is -2.21. The zero-order valence-electron chi connectivity index (χ0n) is 13.6. The van der Waals surface area contributed by atoms with Crippen LogP contribution in [0, 0.1) is 0 Å². The van der Waals surface area contributed by atoms with Gasteiger partial charge in [0.05, 0.1) is 11.2 Å². The molecular weight excluding hydrogens is 390 g/mol. The molecule has 0 fully saturated rings. The van der Waals surface area contributed by atoms with Crippen molar-refractivity contribution >= 4 is 44.5 Å². The van der Waals surface area contributed by atoms with E-state index in [2.05, 4.69) is 15.9 Å². The number of fused-ring (bicyclic) bond motifs is 1. The highest BCUT2D eigenvalue weighted by molar-refractivity contribution is 9.10. The third-order valence-corrected chi connectivity index (χ3v) is 4.22. The van der Waals surface area contributed by atoms with E-state index in [0.29, 0.717) is 5.02 Å². The lowest BCUT2D eigenvalue weighted by atomic mass is 10.1. The fourth-order valence-electron chi connectivity index (χ4n) is 2.52. The normalized spacial score (nSPS) is 11.7. The molecule has 0 unspecified atom stereocenters. The Balaban J connectivity index is 2.21. The van der Waals surface area contributed by atoms with Crippen LogP contribution in [0.25, 0.3) is 22.2 Å². The minimum Gasteiger partial charge on any atom is -0.443 e. The molecule has 0 N–H and O–H groups in total. The minimum atomic E-state index is -0.569. The first-order chi connectivity index (χ1) is 11.2. The van der Waals surface area contributed by atoms with Crippen molar-refractivity contribution in [3.63, 3.8) is 0 Å². The van der Waals surface area contributed by atoms with Gasteiger partial charge in [0.25, 0.3) is 0 Å². The number of ether oxygens (including phenoxy) is 1. The van der Waals surface area contributed by atoms with Crippen LogP contribution in [-0.4, -0.2) is 16.3 Å². The second-order valence-electron chi connectivity index (χ2n) is 6.56. The number of carbonyl (C=O) groups excluding carboxylic acids is 1. The second-order valence-corrected chi connectivity index (χ2v) is 7.91. The van der Waals surface area contributed by atoms with Crippen LogP contribution in [0.1, 0.15) is 20.8 Å². The van der Waals surface area contributed by atoms with Crippen molar-refractivity contribution in [1.29, 1.82) is 0 Å². The maximum Gasteiger partial charge on any atom is 0.419 e. The van der Waals surface area contributed by atoms with E-state index in [1.807, 2.05) is 69.3 Å². The van der Waals surface area contributed by atoms with Crippen molar-refractivity contribution in [2.75, 3.05) is 0 Å². The number of nitrogens with zero attached hydrogens (tertiary/aromatic N) is 1. The highest BCUT2D eigenvalue weighted by atomic mass is 79.9. The van der Waals surface area contributed by atoms with Crippen molar-refractivity contribution in [1.82, 2.24) is 4.57 Å². The molecule has 0 saturated heterocycles. The first-order valence-electron chi connectivity index (χ1n) is 7.55. The number of halogens is 2. The van der Waals surface area contributed by atoms with Gasteiger partial charge in [-0.3, -0.25) is 0 Å². The molecule has 24 heavy (non-hydrogen) atoms. The third kappa shape index (κ3) is 3.50. The van der Waals surface area contributed by atoms with E-state index >= 15 is 0 Å². The standard InChI is InChI=1S/C19H17BrClNO2/c1-19(2,3)24-18(23)22-16-9-6-14(20)10-13(16)11-17(22)12-4-7-15(21)8-5-12/h4-11H,1-3H3. The van der Waals surface area contributed by atoms with Crippen LogP contribution >= 0.6 is 27.5 Å². The Morgan fingerprint density at radius 2 is 1.75 bits per heavy atom.